The Kier molecular flexibility index (Phi) is 6.60. The summed E-state index contributed by atoms with van der Waals surface area (Å²) in [4.78, 5) is 10.8. The largest absolute Gasteiger partial charge is 0.471 e. The SMILES string of the molecule is COCC(CO)NCc1cccc(NC(=O)C(F)(F)F)c1. The number of anilines is 1. The van der Waals surface area contributed by atoms with Gasteiger partial charge < -0.3 is 20.5 Å². The molecule has 1 atom stereocenters. The Balaban J connectivity index is 2.62. The van der Waals surface area contributed by atoms with E-state index in [-0.39, 0.29) is 18.3 Å². The molecule has 1 aromatic rings. The average molecular weight is 306 g/mol. The highest BCUT2D eigenvalue weighted by Gasteiger charge is 2.38. The van der Waals surface area contributed by atoms with Crippen LogP contribution in [-0.4, -0.2) is 43.6 Å². The van der Waals surface area contributed by atoms with Crippen molar-refractivity contribution < 1.29 is 27.8 Å². The first-order valence-electron chi connectivity index (χ1n) is 6.17. The Bertz CT molecular complexity index is 466. The first-order valence-corrected chi connectivity index (χ1v) is 6.17. The molecule has 1 amide bonds. The second kappa shape index (κ2) is 7.96. The van der Waals surface area contributed by atoms with Gasteiger partial charge in [0.05, 0.1) is 19.3 Å². The Hall–Kier alpha value is -1.64. The van der Waals surface area contributed by atoms with Gasteiger partial charge >= 0.3 is 12.1 Å². The molecule has 3 N–H and O–H groups in total. The number of alkyl halides is 3. The van der Waals surface area contributed by atoms with E-state index in [1.165, 1.54) is 25.3 Å². The second-order valence-electron chi connectivity index (χ2n) is 4.37. The molecule has 1 unspecified atom stereocenters. The van der Waals surface area contributed by atoms with Gasteiger partial charge in [-0.2, -0.15) is 13.2 Å². The summed E-state index contributed by atoms with van der Waals surface area (Å²) in [5, 5.41) is 13.8. The predicted molar refractivity (Wildman–Crippen MR) is 70.7 cm³/mol. The molecule has 8 heteroatoms. The first-order chi connectivity index (χ1) is 9.86. The van der Waals surface area contributed by atoms with Gasteiger partial charge in [-0.3, -0.25) is 4.79 Å². The van der Waals surface area contributed by atoms with Crippen molar-refractivity contribution in [2.75, 3.05) is 25.6 Å². The molecule has 21 heavy (non-hydrogen) atoms. The fourth-order valence-electron chi connectivity index (χ4n) is 1.60. The predicted octanol–water partition coefficient (Wildman–Crippen LogP) is 1.28. The van der Waals surface area contributed by atoms with Crippen LogP contribution in [0.3, 0.4) is 0 Å². The number of amides is 1. The van der Waals surface area contributed by atoms with Crippen molar-refractivity contribution in [3.63, 3.8) is 0 Å². The minimum atomic E-state index is -4.92. The van der Waals surface area contributed by atoms with Crippen molar-refractivity contribution in [1.29, 1.82) is 0 Å². The van der Waals surface area contributed by atoms with Crippen LogP contribution in [0.25, 0.3) is 0 Å². The number of halogens is 3. The maximum absolute atomic E-state index is 12.2. The number of hydrogen-bond acceptors (Lipinski definition) is 4. The molecular formula is C13H17F3N2O3. The third-order valence-electron chi connectivity index (χ3n) is 2.63. The van der Waals surface area contributed by atoms with Crippen molar-refractivity contribution >= 4 is 11.6 Å². The van der Waals surface area contributed by atoms with E-state index in [4.69, 9.17) is 9.84 Å². The summed E-state index contributed by atoms with van der Waals surface area (Å²) < 4.78 is 41.4. The zero-order valence-corrected chi connectivity index (χ0v) is 11.4. The summed E-state index contributed by atoms with van der Waals surface area (Å²) in [7, 11) is 1.50. The van der Waals surface area contributed by atoms with E-state index < -0.39 is 12.1 Å². The molecule has 0 aliphatic heterocycles. The number of methoxy groups -OCH3 is 1. The fourth-order valence-corrected chi connectivity index (χ4v) is 1.60. The standard InChI is InChI=1S/C13H17F3N2O3/c1-21-8-11(7-19)17-6-9-3-2-4-10(5-9)18-12(20)13(14,15)16/h2-5,11,17,19H,6-8H2,1H3,(H,18,20). The lowest BCUT2D eigenvalue weighted by Gasteiger charge is -2.15. The van der Waals surface area contributed by atoms with Crippen molar-refractivity contribution in [1.82, 2.24) is 5.32 Å². The van der Waals surface area contributed by atoms with Gasteiger partial charge in [-0.05, 0) is 17.7 Å². The lowest BCUT2D eigenvalue weighted by molar-refractivity contribution is -0.167. The molecule has 1 aromatic carbocycles. The topological polar surface area (TPSA) is 70.6 Å². The Morgan fingerprint density at radius 1 is 1.43 bits per heavy atom. The number of rotatable bonds is 7. The molecule has 0 aliphatic carbocycles. The van der Waals surface area contributed by atoms with E-state index in [9.17, 15) is 18.0 Å². The van der Waals surface area contributed by atoms with Gasteiger partial charge in [-0.15, -0.1) is 0 Å². The van der Waals surface area contributed by atoms with Crippen LogP contribution in [0.15, 0.2) is 24.3 Å². The zero-order chi connectivity index (χ0) is 15.9. The third-order valence-corrected chi connectivity index (χ3v) is 2.63. The normalized spacial score (nSPS) is 13.0. The molecule has 0 aromatic heterocycles. The molecule has 5 nitrogen and oxygen atoms in total. The number of benzene rings is 1. The van der Waals surface area contributed by atoms with Crippen LogP contribution < -0.4 is 10.6 Å². The Morgan fingerprint density at radius 2 is 2.14 bits per heavy atom. The van der Waals surface area contributed by atoms with Crippen LogP contribution >= 0.6 is 0 Å². The van der Waals surface area contributed by atoms with Gasteiger partial charge in [0.2, 0.25) is 0 Å². The Morgan fingerprint density at radius 3 is 2.71 bits per heavy atom. The van der Waals surface area contributed by atoms with E-state index in [0.29, 0.717) is 18.7 Å². The van der Waals surface area contributed by atoms with Crippen LogP contribution in [0, 0.1) is 0 Å². The number of carbonyl (C=O) groups is 1. The maximum Gasteiger partial charge on any atom is 0.471 e. The van der Waals surface area contributed by atoms with E-state index >= 15 is 0 Å². The van der Waals surface area contributed by atoms with Gasteiger partial charge in [0.1, 0.15) is 0 Å². The van der Waals surface area contributed by atoms with Crippen molar-refractivity contribution in [2.24, 2.45) is 0 Å². The van der Waals surface area contributed by atoms with Crippen LogP contribution in [0.1, 0.15) is 5.56 Å². The highest BCUT2D eigenvalue weighted by molar-refractivity contribution is 5.94. The van der Waals surface area contributed by atoms with Crippen LogP contribution in [-0.2, 0) is 16.1 Å². The van der Waals surface area contributed by atoms with Crippen molar-refractivity contribution in [2.45, 2.75) is 18.8 Å². The quantitative estimate of drug-likeness (QED) is 0.710. The minimum absolute atomic E-state index is 0.0592. The summed E-state index contributed by atoms with van der Waals surface area (Å²) in [5.74, 6) is -2.01. The molecule has 118 valence electrons. The Labute approximate surface area is 120 Å². The van der Waals surface area contributed by atoms with Crippen LogP contribution in [0.4, 0.5) is 18.9 Å². The number of aliphatic hydroxyl groups is 1. The summed E-state index contributed by atoms with van der Waals surface area (Å²) in [6.45, 7) is 0.504. The maximum atomic E-state index is 12.2. The van der Waals surface area contributed by atoms with Gasteiger partial charge in [0, 0.05) is 19.3 Å². The average Bonchev–Trinajstić information content (AvgIpc) is 2.43. The number of hydrogen-bond donors (Lipinski definition) is 3. The smallest absolute Gasteiger partial charge is 0.395 e. The summed E-state index contributed by atoms with van der Waals surface area (Å²) in [6.07, 6.45) is -4.92. The minimum Gasteiger partial charge on any atom is -0.395 e. The van der Waals surface area contributed by atoms with Crippen LogP contribution in [0.5, 0.6) is 0 Å². The molecule has 0 saturated carbocycles. The second-order valence-corrected chi connectivity index (χ2v) is 4.37. The number of carbonyl (C=O) groups excluding carboxylic acids is 1. The van der Waals surface area contributed by atoms with Crippen molar-refractivity contribution in [3.05, 3.63) is 29.8 Å². The van der Waals surface area contributed by atoms with E-state index in [1.54, 1.807) is 11.4 Å². The lowest BCUT2D eigenvalue weighted by Crippen LogP contribution is -2.35. The lowest BCUT2D eigenvalue weighted by atomic mass is 10.2. The monoisotopic (exact) mass is 306 g/mol. The molecular weight excluding hydrogens is 289 g/mol. The summed E-state index contributed by atoms with van der Waals surface area (Å²) in [5.41, 5.74) is 0.730. The number of nitrogens with one attached hydrogen (secondary N) is 2. The fraction of sp³-hybridized carbons (Fsp3) is 0.462. The zero-order valence-electron chi connectivity index (χ0n) is 11.4. The highest BCUT2D eigenvalue weighted by Crippen LogP contribution is 2.18. The number of ether oxygens (including phenoxy) is 1. The molecule has 0 spiro atoms. The number of aliphatic hydroxyl groups excluding tert-OH is 1. The van der Waals surface area contributed by atoms with Gasteiger partial charge in [-0.1, -0.05) is 12.1 Å². The molecule has 1 rings (SSSR count). The van der Waals surface area contributed by atoms with Gasteiger partial charge in [0.25, 0.3) is 0 Å². The molecule has 0 aliphatic rings. The molecule has 0 fully saturated rings. The molecule has 0 bridgehead atoms. The summed E-state index contributed by atoms with van der Waals surface area (Å²) >= 11 is 0. The van der Waals surface area contributed by atoms with Gasteiger partial charge in [-0.25, -0.2) is 0 Å². The van der Waals surface area contributed by atoms with Crippen molar-refractivity contribution in [3.8, 4) is 0 Å². The van der Waals surface area contributed by atoms with E-state index in [1.807, 2.05) is 0 Å². The third kappa shape index (κ3) is 6.11. The van der Waals surface area contributed by atoms with Crippen LogP contribution in [0.2, 0.25) is 0 Å². The van der Waals surface area contributed by atoms with E-state index in [2.05, 4.69) is 5.32 Å². The van der Waals surface area contributed by atoms with E-state index in [0.717, 1.165) is 0 Å². The highest BCUT2D eigenvalue weighted by atomic mass is 19.4. The summed E-state index contributed by atoms with van der Waals surface area (Å²) in [6, 6.07) is 5.75. The molecule has 0 heterocycles. The molecule has 0 radical (unpaired) electrons. The van der Waals surface area contributed by atoms with Gasteiger partial charge in [0.15, 0.2) is 0 Å². The molecule has 0 saturated heterocycles. The first kappa shape index (κ1) is 17.4.